The molecule has 3 heteroatoms. The molecule has 0 aliphatic heterocycles. The first-order valence-corrected chi connectivity index (χ1v) is 6.58. The van der Waals surface area contributed by atoms with E-state index in [0.29, 0.717) is 6.42 Å². The molecular formula is C15H23NO2. The highest BCUT2D eigenvalue weighted by Gasteiger charge is 2.22. The number of benzene rings is 1. The van der Waals surface area contributed by atoms with E-state index in [2.05, 4.69) is 19.2 Å². The molecule has 1 aromatic carbocycles. The van der Waals surface area contributed by atoms with Gasteiger partial charge in [0.25, 0.3) is 0 Å². The van der Waals surface area contributed by atoms with Crippen molar-refractivity contribution < 1.29 is 9.90 Å². The molecule has 0 bridgehead atoms. The van der Waals surface area contributed by atoms with Crippen LogP contribution in [0.1, 0.15) is 45.1 Å². The maximum absolute atomic E-state index is 11.3. The van der Waals surface area contributed by atoms with E-state index >= 15 is 0 Å². The Labute approximate surface area is 109 Å². The Hall–Kier alpha value is -1.35. The summed E-state index contributed by atoms with van der Waals surface area (Å²) in [5.41, 5.74) is 1.19. The van der Waals surface area contributed by atoms with Gasteiger partial charge in [-0.25, -0.2) is 0 Å². The van der Waals surface area contributed by atoms with Gasteiger partial charge in [0.1, 0.15) is 6.04 Å². The fraction of sp³-hybridized carbons (Fsp3) is 0.533. The Morgan fingerprint density at radius 2 is 1.89 bits per heavy atom. The molecular weight excluding hydrogens is 226 g/mol. The molecule has 0 saturated heterocycles. The molecule has 100 valence electrons. The van der Waals surface area contributed by atoms with Crippen LogP contribution in [0, 0.1) is 0 Å². The van der Waals surface area contributed by atoms with Crippen molar-refractivity contribution in [3.8, 4) is 0 Å². The van der Waals surface area contributed by atoms with Gasteiger partial charge < -0.3 is 10.4 Å². The molecule has 0 fully saturated rings. The lowest BCUT2D eigenvalue weighted by Crippen LogP contribution is -2.42. The third-order valence-electron chi connectivity index (χ3n) is 3.35. The predicted molar refractivity (Wildman–Crippen MR) is 73.8 cm³/mol. The van der Waals surface area contributed by atoms with Crippen LogP contribution in [-0.2, 0) is 4.79 Å². The molecule has 0 saturated carbocycles. The quantitative estimate of drug-likeness (QED) is 0.781. The molecule has 18 heavy (non-hydrogen) atoms. The van der Waals surface area contributed by atoms with Gasteiger partial charge in [-0.05, 0) is 31.2 Å². The number of aliphatic carboxylic acids is 1. The molecule has 0 radical (unpaired) electrons. The van der Waals surface area contributed by atoms with Crippen LogP contribution >= 0.6 is 0 Å². The summed E-state index contributed by atoms with van der Waals surface area (Å²) < 4.78 is 0. The normalized spacial score (nSPS) is 15.9. The minimum absolute atomic E-state index is 0.231. The second-order valence-corrected chi connectivity index (χ2v) is 4.91. The van der Waals surface area contributed by atoms with Crippen molar-refractivity contribution in [3.05, 3.63) is 35.9 Å². The van der Waals surface area contributed by atoms with Crippen LogP contribution in [0.5, 0.6) is 0 Å². The smallest absolute Gasteiger partial charge is 0.320 e. The summed E-state index contributed by atoms with van der Waals surface area (Å²) in [5, 5.41) is 12.4. The van der Waals surface area contributed by atoms with Gasteiger partial charge in [0.15, 0.2) is 0 Å². The van der Waals surface area contributed by atoms with Crippen LogP contribution in [0.25, 0.3) is 0 Å². The van der Waals surface area contributed by atoms with E-state index < -0.39 is 12.0 Å². The highest BCUT2D eigenvalue weighted by atomic mass is 16.4. The molecule has 1 rings (SSSR count). The standard InChI is InChI=1S/C15H23NO2/c1-4-12(3)16-14(15(17)18)10-11(2)13-8-6-5-7-9-13/h5-9,11-12,14,16H,4,10H2,1-3H3,(H,17,18). The van der Waals surface area contributed by atoms with Gasteiger partial charge in [-0.1, -0.05) is 44.2 Å². The number of carboxylic acid groups (broad SMARTS) is 1. The molecule has 0 heterocycles. The Morgan fingerprint density at radius 3 is 2.39 bits per heavy atom. The summed E-state index contributed by atoms with van der Waals surface area (Å²) in [6, 6.07) is 9.80. The van der Waals surface area contributed by atoms with E-state index in [9.17, 15) is 9.90 Å². The number of carbonyl (C=O) groups is 1. The van der Waals surface area contributed by atoms with E-state index in [-0.39, 0.29) is 12.0 Å². The number of hydrogen-bond donors (Lipinski definition) is 2. The second-order valence-electron chi connectivity index (χ2n) is 4.91. The zero-order valence-corrected chi connectivity index (χ0v) is 11.4. The minimum Gasteiger partial charge on any atom is -0.480 e. The summed E-state index contributed by atoms with van der Waals surface area (Å²) in [6.45, 7) is 6.14. The van der Waals surface area contributed by atoms with Gasteiger partial charge in [0, 0.05) is 6.04 Å². The van der Waals surface area contributed by atoms with Gasteiger partial charge in [0.05, 0.1) is 0 Å². The first-order chi connectivity index (χ1) is 8.54. The highest BCUT2D eigenvalue weighted by molar-refractivity contribution is 5.73. The number of carboxylic acids is 1. The molecule has 0 aliphatic rings. The van der Waals surface area contributed by atoms with Crippen molar-refractivity contribution >= 4 is 5.97 Å². The molecule has 2 N–H and O–H groups in total. The maximum Gasteiger partial charge on any atom is 0.320 e. The minimum atomic E-state index is -0.766. The SMILES string of the molecule is CCC(C)NC(CC(C)c1ccccc1)C(=O)O. The predicted octanol–water partition coefficient (Wildman–Crippen LogP) is 3.02. The Balaban J connectivity index is 2.64. The number of rotatable bonds is 7. The van der Waals surface area contributed by atoms with Crippen molar-refractivity contribution in [3.63, 3.8) is 0 Å². The van der Waals surface area contributed by atoms with Crippen molar-refractivity contribution in [2.75, 3.05) is 0 Å². The lowest BCUT2D eigenvalue weighted by atomic mass is 9.93. The topological polar surface area (TPSA) is 49.3 Å². The third-order valence-corrected chi connectivity index (χ3v) is 3.35. The van der Waals surface area contributed by atoms with E-state index in [1.54, 1.807) is 0 Å². The van der Waals surface area contributed by atoms with Gasteiger partial charge in [-0.2, -0.15) is 0 Å². The summed E-state index contributed by atoms with van der Waals surface area (Å²) in [5.74, 6) is -0.526. The van der Waals surface area contributed by atoms with E-state index in [1.165, 1.54) is 5.56 Å². The summed E-state index contributed by atoms with van der Waals surface area (Å²) in [7, 11) is 0. The third kappa shape index (κ3) is 4.49. The zero-order chi connectivity index (χ0) is 13.5. The van der Waals surface area contributed by atoms with Crippen molar-refractivity contribution in [1.82, 2.24) is 5.32 Å². The first kappa shape index (κ1) is 14.7. The van der Waals surface area contributed by atoms with Crippen LogP contribution in [0.2, 0.25) is 0 Å². The Morgan fingerprint density at radius 1 is 1.28 bits per heavy atom. The van der Waals surface area contributed by atoms with Crippen LogP contribution < -0.4 is 5.32 Å². The lowest BCUT2D eigenvalue weighted by Gasteiger charge is -2.22. The highest BCUT2D eigenvalue weighted by Crippen LogP contribution is 2.20. The molecule has 0 amide bonds. The lowest BCUT2D eigenvalue weighted by molar-refractivity contribution is -0.140. The van der Waals surface area contributed by atoms with Crippen LogP contribution in [0.15, 0.2) is 30.3 Å². The van der Waals surface area contributed by atoms with E-state index in [1.807, 2.05) is 37.3 Å². The summed E-state index contributed by atoms with van der Waals surface area (Å²) in [6.07, 6.45) is 1.55. The Bertz CT molecular complexity index is 364. The maximum atomic E-state index is 11.3. The van der Waals surface area contributed by atoms with Crippen molar-refractivity contribution in [1.29, 1.82) is 0 Å². The fourth-order valence-electron chi connectivity index (χ4n) is 1.97. The zero-order valence-electron chi connectivity index (χ0n) is 11.4. The number of hydrogen-bond acceptors (Lipinski definition) is 2. The molecule has 1 aromatic rings. The molecule has 0 spiro atoms. The van der Waals surface area contributed by atoms with Crippen molar-refractivity contribution in [2.24, 2.45) is 0 Å². The molecule has 3 atom stereocenters. The molecule has 3 unspecified atom stereocenters. The van der Waals surface area contributed by atoms with Gasteiger partial charge in [-0.3, -0.25) is 4.79 Å². The molecule has 0 aromatic heterocycles. The molecule has 3 nitrogen and oxygen atoms in total. The average Bonchev–Trinajstić information content (AvgIpc) is 2.38. The van der Waals surface area contributed by atoms with Gasteiger partial charge >= 0.3 is 5.97 Å². The average molecular weight is 249 g/mol. The van der Waals surface area contributed by atoms with Gasteiger partial charge in [0.2, 0.25) is 0 Å². The van der Waals surface area contributed by atoms with E-state index in [4.69, 9.17) is 0 Å². The monoisotopic (exact) mass is 249 g/mol. The van der Waals surface area contributed by atoms with Crippen LogP contribution in [-0.4, -0.2) is 23.2 Å². The van der Waals surface area contributed by atoms with Crippen molar-refractivity contribution in [2.45, 2.75) is 51.6 Å². The summed E-state index contributed by atoms with van der Waals surface area (Å²) in [4.78, 5) is 11.3. The van der Waals surface area contributed by atoms with Crippen LogP contribution in [0.4, 0.5) is 0 Å². The summed E-state index contributed by atoms with van der Waals surface area (Å²) >= 11 is 0. The Kier molecular flexibility index (Phi) is 5.86. The second kappa shape index (κ2) is 7.17. The van der Waals surface area contributed by atoms with E-state index in [0.717, 1.165) is 6.42 Å². The largest absolute Gasteiger partial charge is 0.480 e. The van der Waals surface area contributed by atoms with Crippen LogP contribution in [0.3, 0.4) is 0 Å². The van der Waals surface area contributed by atoms with Gasteiger partial charge in [-0.15, -0.1) is 0 Å². The number of nitrogens with one attached hydrogen (secondary N) is 1. The molecule has 0 aliphatic carbocycles. The fourth-order valence-corrected chi connectivity index (χ4v) is 1.97. The first-order valence-electron chi connectivity index (χ1n) is 6.58.